The van der Waals surface area contributed by atoms with Crippen molar-refractivity contribution in [3.63, 3.8) is 0 Å². The summed E-state index contributed by atoms with van der Waals surface area (Å²) < 4.78 is 5.73. The van der Waals surface area contributed by atoms with Crippen LogP contribution in [0.4, 0.5) is 0 Å². The smallest absolute Gasteiger partial charge is 0.0637 e. The third kappa shape index (κ3) is 3.93. The fraction of sp³-hybridized carbons (Fsp3) is 1.00. The first kappa shape index (κ1) is 15.3. The van der Waals surface area contributed by atoms with Crippen molar-refractivity contribution in [3.05, 3.63) is 0 Å². The molecular formula is C16H32N2O. The van der Waals surface area contributed by atoms with Gasteiger partial charge < -0.3 is 10.1 Å². The number of nitrogens with zero attached hydrogens (tertiary/aromatic N) is 1. The molecule has 2 fully saturated rings. The summed E-state index contributed by atoms with van der Waals surface area (Å²) in [7, 11) is 2.32. The van der Waals surface area contributed by atoms with Gasteiger partial charge in [0, 0.05) is 24.7 Å². The molecule has 1 aliphatic carbocycles. The Balaban J connectivity index is 1.88. The number of hydrogen-bond donors (Lipinski definition) is 1. The van der Waals surface area contributed by atoms with Crippen LogP contribution in [0.3, 0.4) is 0 Å². The van der Waals surface area contributed by atoms with E-state index in [0.717, 1.165) is 38.1 Å². The molecule has 0 aromatic carbocycles. The lowest BCUT2D eigenvalue weighted by Gasteiger charge is -2.44. The number of ether oxygens (including phenoxy) is 1. The molecule has 0 spiro atoms. The Morgan fingerprint density at radius 2 is 1.84 bits per heavy atom. The van der Waals surface area contributed by atoms with Gasteiger partial charge in [0.2, 0.25) is 0 Å². The molecule has 19 heavy (non-hydrogen) atoms. The summed E-state index contributed by atoms with van der Waals surface area (Å²) in [6.07, 6.45) is 8.13. The molecule has 1 N–H and O–H groups in total. The molecule has 112 valence electrons. The summed E-state index contributed by atoms with van der Waals surface area (Å²) in [4.78, 5) is 2.62. The number of likely N-dealkylation sites (N-methyl/N-ethyl adjacent to an activating group) is 2. The van der Waals surface area contributed by atoms with Crippen molar-refractivity contribution in [1.82, 2.24) is 10.2 Å². The maximum atomic E-state index is 5.73. The van der Waals surface area contributed by atoms with Crippen LogP contribution in [0.1, 0.15) is 52.4 Å². The summed E-state index contributed by atoms with van der Waals surface area (Å²) in [5.41, 5.74) is 0. The molecule has 1 saturated heterocycles. The lowest BCUT2D eigenvalue weighted by molar-refractivity contribution is -0.0161. The Kier molecular flexibility index (Phi) is 6.11. The van der Waals surface area contributed by atoms with E-state index in [2.05, 4.69) is 31.1 Å². The Morgan fingerprint density at radius 3 is 2.47 bits per heavy atom. The van der Waals surface area contributed by atoms with Crippen LogP contribution >= 0.6 is 0 Å². The van der Waals surface area contributed by atoms with Crippen LogP contribution in [0.2, 0.25) is 0 Å². The van der Waals surface area contributed by atoms with Crippen molar-refractivity contribution >= 4 is 0 Å². The van der Waals surface area contributed by atoms with Crippen molar-refractivity contribution in [2.24, 2.45) is 5.92 Å². The van der Waals surface area contributed by atoms with Crippen LogP contribution in [0.15, 0.2) is 0 Å². The van der Waals surface area contributed by atoms with E-state index >= 15 is 0 Å². The van der Waals surface area contributed by atoms with Crippen molar-refractivity contribution in [3.8, 4) is 0 Å². The van der Waals surface area contributed by atoms with Gasteiger partial charge in [-0.05, 0) is 51.6 Å². The van der Waals surface area contributed by atoms with Crippen molar-refractivity contribution < 1.29 is 4.74 Å². The predicted octanol–water partition coefficient (Wildman–Crippen LogP) is 2.65. The van der Waals surface area contributed by atoms with E-state index in [-0.39, 0.29) is 0 Å². The quantitative estimate of drug-likeness (QED) is 0.829. The third-order valence-corrected chi connectivity index (χ3v) is 5.29. The fourth-order valence-electron chi connectivity index (χ4n) is 3.86. The van der Waals surface area contributed by atoms with Gasteiger partial charge >= 0.3 is 0 Å². The van der Waals surface area contributed by atoms with Crippen LogP contribution in [0.5, 0.6) is 0 Å². The number of nitrogens with one attached hydrogen (secondary N) is 1. The lowest BCUT2D eigenvalue weighted by Crippen LogP contribution is -2.57. The van der Waals surface area contributed by atoms with Gasteiger partial charge in [-0.2, -0.15) is 0 Å². The minimum atomic E-state index is 0.567. The molecule has 3 nitrogen and oxygen atoms in total. The second-order valence-corrected chi connectivity index (χ2v) is 6.34. The number of hydrogen-bond acceptors (Lipinski definition) is 3. The van der Waals surface area contributed by atoms with Gasteiger partial charge in [-0.1, -0.05) is 20.3 Å². The van der Waals surface area contributed by atoms with Crippen LogP contribution in [0.25, 0.3) is 0 Å². The minimum absolute atomic E-state index is 0.567. The molecule has 1 aliphatic heterocycles. The lowest BCUT2D eigenvalue weighted by atomic mass is 9.83. The Bertz CT molecular complexity index is 249. The van der Waals surface area contributed by atoms with E-state index in [1.807, 2.05) is 0 Å². The van der Waals surface area contributed by atoms with E-state index in [0.29, 0.717) is 12.1 Å². The summed E-state index contributed by atoms with van der Waals surface area (Å²) in [6.45, 7) is 7.44. The molecule has 0 aromatic heterocycles. The zero-order chi connectivity index (χ0) is 13.7. The molecule has 0 aromatic rings. The molecule has 1 saturated carbocycles. The van der Waals surface area contributed by atoms with Gasteiger partial charge in [-0.3, -0.25) is 4.90 Å². The van der Waals surface area contributed by atoms with Gasteiger partial charge in [-0.15, -0.1) is 0 Å². The zero-order valence-electron chi connectivity index (χ0n) is 13.0. The topological polar surface area (TPSA) is 24.5 Å². The molecule has 0 amide bonds. The molecule has 0 radical (unpaired) electrons. The van der Waals surface area contributed by atoms with E-state index < -0.39 is 0 Å². The first-order valence-electron chi connectivity index (χ1n) is 8.29. The predicted molar refractivity (Wildman–Crippen MR) is 80.5 cm³/mol. The first-order chi connectivity index (χ1) is 9.26. The second-order valence-electron chi connectivity index (χ2n) is 6.34. The Labute approximate surface area is 119 Å². The molecule has 1 heterocycles. The van der Waals surface area contributed by atoms with Crippen LogP contribution < -0.4 is 5.32 Å². The molecular weight excluding hydrogens is 236 g/mol. The molecule has 3 heteroatoms. The third-order valence-electron chi connectivity index (χ3n) is 5.29. The normalized spacial score (nSPS) is 36.6. The largest absolute Gasteiger partial charge is 0.380 e. The standard InChI is InChI=1S/C16H32N2O/c1-4-13-6-8-14(9-7-13)18(3)16-12-19-11-10-15(16)17-5-2/h13-17H,4-12H2,1-3H3. The first-order valence-corrected chi connectivity index (χ1v) is 8.29. The highest BCUT2D eigenvalue weighted by Crippen LogP contribution is 2.30. The van der Waals surface area contributed by atoms with Crippen molar-refractivity contribution in [1.29, 1.82) is 0 Å². The van der Waals surface area contributed by atoms with Crippen LogP contribution in [-0.2, 0) is 4.74 Å². The minimum Gasteiger partial charge on any atom is -0.380 e. The highest BCUT2D eigenvalue weighted by molar-refractivity contribution is 4.90. The monoisotopic (exact) mass is 268 g/mol. The van der Waals surface area contributed by atoms with Gasteiger partial charge in [0.15, 0.2) is 0 Å². The van der Waals surface area contributed by atoms with E-state index in [1.165, 1.54) is 32.1 Å². The van der Waals surface area contributed by atoms with Gasteiger partial charge in [0.05, 0.1) is 6.61 Å². The van der Waals surface area contributed by atoms with Crippen molar-refractivity contribution in [2.75, 3.05) is 26.8 Å². The van der Waals surface area contributed by atoms with E-state index in [9.17, 15) is 0 Å². The van der Waals surface area contributed by atoms with Gasteiger partial charge in [0.25, 0.3) is 0 Å². The SMILES string of the molecule is CCNC1CCOCC1N(C)C1CCC(CC)CC1. The Hall–Kier alpha value is -0.120. The number of rotatable bonds is 5. The molecule has 2 rings (SSSR count). The second kappa shape index (κ2) is 7.61. The molecule has 2 atom stereocenters. The average Bonchev–Trinajstić information content (AvgIpc) is 2.47. The Morgan fingerprint density at radius 1 is 1.11 bits per heavy atom. The molecule has 0 bridgehead atoms. The molecule has 2 unspecified atom stereocenters. The summed E-state index contributed by atoms with van der Waals surface area (Å²) in [6, 6.07) is 1.96. The maximum absolute atomic E-state index is 5.73. The van der Waals surface area contributed by atoms with E-state index in [4.69, 9.17) is 4.74 Å². The highest BCUT2D eigenvalue weighted by Gasteiger charge is 2.33. The summed E-state index contributed by atoms with van der Waals surface area (Å²) in [5.74, 6) is 0.983. The van der Waals surface area contributed by atoms with Gasteiger partial charge in [0.1, 0.15) is 0 Å². The zero-order valence-corrected chi connectivity index (χ0v) is 13.0. The van der Waals surface area contributed by atoms with Crippen LogP contribution in [-0.4, -0.2) is 49.8 Å². The highest BCUT2D eigenvalue weighted by atomic mass is 16.5. The average molecular weight is 268 g/mol. The summed E-state index contributed by atoms with van der Waals surface area (Å²) >= 11 is 0. The van der Waals surface area contributed by atoms with E-state index in [1.54, 1.807) is 0 Å². The van der Waals surface area contributed by atoms with Crippen LogP contribution in [0, 0.1) is 5.92 Å². The fourth-order valence-corrected chi connectivity index (χ4v) is 3.86. The molecule has 2 aliphatic rings. The van der Waals surface area contributed by atoms with Gasteiger partial charge in [-0.25, -0.2) is 0 Å². The van der Waals surface area contributed by atoms with Crippen molar-refractivity contribution in [2.45, 2.75) is 70.5 Å². The maximum Gasteiger partial charge on any atom is 0.0637 e. The summed E-state index contributed by atoms with van der Waals surface area (Å²) in [5, 5.41) is 3.65.